The second-order valence-electron chi connectivity index (χ2n) is 7.65. The highest BCUT2D eigenvalue weighted by Crippen LogP contribution is 2.10. The summed E-state index contributed by atoms with van der Waals surface area (Å²) in [7, 11) is 0. The van der Waals surface area contributed by atoms with Crippen LogP contribution in [0, 0.1) is 0 Å². The van der Waals surface area contributed by atoms with Crippen molar-refractivity contribution in [3.63, 3.8) is 0 Å². The van der Waals surface area contributed by atoms with Crippen molar-refractivity contribution in [2.45, 2.75) is 130 Å². The van der Waals surface area contributed by atoms with Gasteiger partial charge < -0.3 is 10.6 Å². The molecule has 0 aromatic heterocycles. The zero-order valence-corrected chi connectivity index (χ0v) is 17.5. The molecule has 2 nitrogen and oxygen atoms in total. The number of rotatable bonds is 19. The van der Waals surface area contributed by atoms with Gasteiger partial charge in [0.1, 0.15) is 0 Å². The lowest BCUT2D eigenvalue weighted by atomic mass is 10.1. The van der Waals surface area contributed by atoms with Gasteiger partial charge in [0.25, 0.3) is 0 Å². The first-order valence-corrected chi connectivity index (χ1v) is 11.2. The molecular formula is C22H48N2. The van der Waals surface area contributed by atoms with Crippen molar-refractivity contribution in [2.24, 2.45) is 0 Å². The van der Waals surface area contributed by atoms with Gasteiger partial charge in [-0.3, -0.25) is 0 Å². The zero-order valence-electron chi connectivity index (χ0n) is 17.5. The van der Waals surface area contributed by atoms with E-state index in [1.165, 1.54) is 103 Å². The van der Waals surface area contributed by atoms with Gasteiger partial charge in [-0.15, -0.1) is 0 Å². The van der Waals surface area contributed by atoms with Crippen LogP contribution in [0.25, 0.3) is 0 Å². The minimum Gasteiger partial charge on any atom is -0.314 e. The molecule has 0 bridgehead atoms. The molecule has 0 heterocycles. The summed E-state index contributed by atoms with van der Waals surface area (Å²) < 4.78 is 0. The van der Waals surface area contributed by atoms with Crippen LogP contribution in [0.3, 0.4) is 0 Å². The summed E-state index contributed by atoms with van der Waals surface area (Å²) in [5, 5.41) is 7.29. The highest BCUT2D eigenvalue weighted by atomic mass is 14.9. The molecule has 0 aliphatic heterocycles. The zero-order chi connectivity index (χ0) is 17.9. The molecule has 2 atom stereocenters. The Balaban J connectivity index is 3.12. The van der Waals surface area contributed by atoms with E-state index in [1.807, 2.05) is 0 Å². The Bertz CT molecular complexity index is 230. The summed E-state index contributed by atoms with van der Waals surface area (Å²) in [6, 6.07) is 1.45. The van der Waals surface area contributed by atoms with Crippen LogP contribution in [0.1, 0.15) is 118 Å². The maximum atomic E-state index is 3.71. The normalized spacial score (nSPS) is 14.0. The Morgan fingerprint density at radius 1 is 0.583 bits per heavy atom. The maximum Gasteiger partial charge on any atom is 0.00643 e. The lowest BCUT2D eigenvalue weighted by Crippen LogP contribution is -2.29. The lowest BCUT2D eigenvalue weighted by Gasteiger charge is -2.15. The van der Waals surface area contributed by atoms with Crippen LogP contribution < -0.4 is 10.6 Å². The average molecular weight is 341 g/mol. The molecule has 0 fully saturated rings. The van der Waals surface area contributed by atoms with Gasteiger partial charge in [-0.25, -0.2) is 0 Å². The van der Waals surface area contributed by atoms with E-state index in [-0.39, 0.29) is 0 Å². The predicted molar refractivity (Wildman–Crippen MR) is 111 cm³/mol. The van der Waals surface area contributed by atoms with Crippen molar-refractivity contribution >= 4 is 0 Å². The first kappa shape index (κ1) is 23.9. The van der Waals surface area contributed by atoms with Gasteiger partial charge in [0.2, 0.25) is 0 Å². The van der Waals surface area contributed by atoms with Gasteiger partial charge in [-0.1, -0.05) is 78.6 Å². The smallest absolute Gasteiger partial charge is 0.00643 e. The van der Waals surface area contributed by atoms with Gasteiger partial charge in [0.15, 0.2) is 0 Å². The molecular weight excluding hydrogens is 292 g/mol. The van der Waals surface area contributed by atoms with E-state index in [9.17, 15) is 0 Å². The third-order valence-electron chi connectivity index (χ3n) is 5.27. The molecule has 2 heteroatoms. The van der Waals surface area contributed by atoms with Crippen molar-refractivity contribution < 1.29 is 0 Å². The van der Waals surface area contributed by atoms with Gasteiger partial charge in [0.05, 0.1) is 0 Å². The average Bonchev–Trinajstić information content (AvgIpc) is 2.60. The molecule has 0 aromatic rings. The first-order chi connectivity index (χ1) is 11.7. The Morgan fingerprint density at radius 2 is 1.04 bits per heavy atom. The third-order valence-corrected chi connectivity index (χ3v) is 5.27. The van der Waals surface area contributed by atoms with E-state index < -0.39 is 0 Å². The number of unbranched alkanes of at least 4 members (excludes halogenated alkanes) is 9. The molecule has 0 amide bonds. The summed E-state index contributed by atoms with van der Waals surface area (Å²) in [5.74, 6) is 0. The topological polar surface area (TPSA) is 24.1 Å². The third kappa shape index (κ3) is 16.8. The van der Waals surface area contributed by atoms with Crippen LogP contribution in [-0.2, 0) is 0 Å². The minimum atomic E-state index is 0.694. The molecule has 0 saturated carbocycles. The fourth-order valence-corrected chi connectivity index (χ4v) is 3.26. The molecule has 0 saturated heterocycles. The van der Waals surface area contributed by atoms with Crippen LogP contribution in [0.2, 0.25) is 0 Å². The monoisotopic (exact) mass is 340 g/mol. The van der Waals surface area contributed by atoms with Crippen LogP contribution in [0.15, 0.2) is 0 Å². The fourth-order valence-electron chi connectivity index (χ4n) is 3.26. The lowest BCUT2D eigenvalue weighted by molar-refractivity contribution is 0.449. The highest BCUT2D eigenvalue weighted by molar-refractivity contribution is 4.63. The molecule has 2 N–H and O–H groups in total. The molecule has 0 radical (unpaired) electrons. The molecule has 0 aliphatic carbocycles. The Morgan fingerprint density at radius 3 is 1.46 bits per heavy atom. The van der Waals surface area contributed by atoms with Crippen molar-refractivity contribution in [3.05, 3.63) is 0 Å². The largest absolute Gasteiger partial charge is 0.314 e. The van der Waals surface area contributed by atoms with Crippen LogP contribution in [-0.4, -0.2) is 25.2 Å². The van der Waals surface area contributed by atoms with Gasteiger partial charge in [-0.2, -0.15) is 0 Å². The Hall–Kier alpha value is -0.0800. The second-order valence-corrected chi connectivity index (χ2v) is 7.65. The summed E-state index contributed by atoms with van der Waals surface area (Å²) in [4.78, 5) is 0. The Labute approximate surface area is 154 Å². The highest BCUT2D eigenvalue weighted by Gasteiger charge is 2.02. The predicted octanol–water partition coefficient (Wildman–Crippen LogP) is 6.44. The Kier molecular flexibility index (Phi) is 19.2. The summed E-state index contributed by atoms with van der Waals surface area (Å²) in [6.07, 6.45) is 19.4. The molecule has 24 heavy (non-hydrogen) atoms. The van der Waals surface area contributed by atoms with E-state index in [2.05, 4.69) is 38.3 Å². The maximum absolute atomic E-state index is 3.71. The summed E-state index contributed by atoms with van der Waals surface area (Å²) in [5.41, 5.74) is 0. The van der Waals surface area contributed by atoms with Crippen molar-refractivity contribution in [1.82, 2.24) is 10.6 Å². The number of hydrogen-bond acceptors (Lipinski definition) is 2. The van der Waals surface area contributed by atoms with Gasteiger partial charge in [0, 0.05) is 12.1 Å². The van der Waals surface area contributed by atoms with Crippen LogP contribution >= 0.6 is 0 Å². The molecule has 146 valence electrons. The van der Waals surface area contributed by atoms with Gasteiger partial charge >= 0.3 is 0 Å². The van der Waals surface area contributed by atoms with Gasteiger partial charge in [-0.05, 0) is 52.1 Å². The van der Waals surface area contributed by atoms with E-state index in [1.54, 1.807) is 0 Å². The van der Waals surface area contributed by atoms with E-state index in [4.69, 9.17) is 0 Å². The van der Waals surface area contributed by atoms with Crippen molar-refractivity contribution in [3.8, 4) is 0 Å². The van der Waals surface area contributed by atoms with Crippen LogP contribution in [0.4, 0.5) is 0 Å². The molecule has 2 unspecified atom stereocenters. The quantitative estimate of drug-likeness (QED) is 0.264. The molecule has 0 aliphatic rings. The van der Waals surface area contributed by atoms with Crippen molar-refractivity contribution in [2.75, 3.05) is 13.1 Å². The van der Waals surface area contributed by atoms with Crippen molar-refractivity contribution in [1.29, 1.82) is 0 Å². The first-order valence-electron chi connectivity index (χ1n) is 11.2. The second kappa shape index (κ2) is 19.2. The van der Waals surface area contributed by atoms with Crippen LogP contribution in [0.5, 0.6) is 0 Å². The summed E-state index contributed by atoms with van der Waals surface area (Å²) >= 11 is 0. The number of nitrogens with one attached hydrogen (secondary N) is 2. The fraction of sp³-hybridized carbons (Fsp3) is 1.00. The number of hydrogen-bond donors (Lipinski definition) is 2. The summed E-state index contributed by atoms with van der Waals surface area (Å²) in [6.45, 7) is 11.6. The SMILES string of the molecule is CCCC(CC)NCCCCCCCCCCCCNC(C)CC. The van der Waals surface area contributed by atoms with E-state index >= 15 is 0 Å². The van der Waals surface area contributed by atoms with E-state index in [0.29, 0.717) is 6.04 Å². The van der Waals surface area contributed by atoms with E-state index in [0.717, 1.165) is 6.04 Å². The molecule has 0 aromatic carbocycles. The standard InChI is InChI=1S/C22H48N2/c1-5-18-22(7-3)24-20-17-15-13-11-9-8-10-12-14-16-19-23-21(4)6-2/h21-24H,5-20H2,1-4H3. The molecule has 0 rings (SSSR count). The molecule has 0 spiro atoms. The minimum absolute atomic E-state index is 0.694.